The summed E-state index contributed by atoms with van der Waals surface area (Å²) < 4.78 is 6.11. The van der Waals surface area contributed by atoms with Crippen LogP contribution in [0.15, 0.2) is 24.3 Å². The van der Waals surface area contributed by atoms with Crippen molar-refractivity contribution in [1.82, 2.24) is 5.32 Å². The zero-order valence-corrected chi connectivity index (χ0v) is 11.9. The van der Waals surface area contributed by atoms with Crippen LogP contribution in [-0.2, 0) is 4.74 Å². The quantitative estimate of drug-likeness (QED) is 0.855. The van der Waals surface area contributed by atoms with E-state index < -0.39 is 0 Å². The number of ether oxygens (including phenoxy) is 1. The summed E-state index contributed by atoms with van der Waals surface area (Å²) in [6.45, 7) is 3.02. The zero-order valence-electron chi connectivity index (χ0n) is 10.3. The van der Waals surface area contributed by atoms with Crippen molar-refractivity contribution < 1.29 is 4.74 Å². The van der Waals surface area contributed by atoms with Crippen LogP contribution in [-0.4, -0.2) is 25.3 Å². The van der Waals surface area contributed by atoms with Gasteiger partial charge >= 0.3 is 0 Å². The van der Waals surface area contributed by atoms with Gasteiger partial charge in [0, 0.05) is 10.9 Å². The number of nitrogens with one attached hydrogen (secondary N) is 1. The van der Waals surface area contributed by atoms with E-state index in [1.54, 1.807) is 0 Å². The Morgan fingerprint density at radius 2 is 2.06 bits per heavy atom. The highest BCUT2D eigenvalue weighted by molar-refractivity contribution is 6.30. The van der Waals surface area contributed by atoms with Gasteiger partial charge in [-0.15, -0.1) is 12.4 Å². The second-order valence-corrected chi connectivity index (χ2v) is 5.64. The van der Waals surface area contributed by atoms with Gasteiger partial charge in [-0.05, 0) is 50.0 Å². The maximum Gasteiger partial charge on any atom is 0.0713 e. The fourth-order valence-electron chi connectivity index (χ4n) is 3.05. The third-order valence-electron chi connectivity index (χ3n) is 4.04. The predicted octanol–water partition coefficient (Wildman–Crippen LogP) is 3.39. The van der Waals surface area contributed by atoms with E-state index in [4.69, 9.17) is 16.3 Å². The molecule has 2 fully saturated rings. The summed E-state index contributed by atoms with van der Waals surface area (Å²) in [5.41, 5.74) is 1.46. The van der Waals surface area contributed by atoms with Crippen molar-refractivity contribution in [2.24, 2.45) is 0 Å². The van der Waals surface area contributed by atoms with Gasteiger partial charge in [0.25, 0.3) is 0 Å². The van der Waals surface area contributed by atoms with Crippen molar-refractivity contribution in [2.75, 3.05) is 19.7 Å². The summed E-state index contributed by atoms with van der Waals surface area (Å²) in [7, 11) is 0. The lowest BCUT2D eigenvalue weighted by molar-refractivity contribution is -0.0193. The van der Waals surface area contributed by atoms with Crippen LogP contribution in [0, 0.1) is 0 Å². The van der Waals surface area contributed by atoms with Crippen LogP contribution < -0.4 is 5.32 Å². The Morgan fingerprint density at radius 3 is 2.78 bits per heavy atom. The predicted molar refractivity (Wildman–Crippen MR) is 76.8 cm³/mol. The van der Waals surface area contributed by atoms with Crippen LogP contribution >= 0.6 is 24.0 Å². The molecule has 0 radical (unpaired) electrons. The van der Waals surface area contributed by atoms with Gasteiger partial charge in [-0.25, -0.2) is 0 Å². The zero-order chi connectivity index (χ0) is 11.7. The van der Waals surface area contributed by atoms with Crippen LogP contribution in [0.5, 0.6) is 0 Å². The maximum absolute atomic E-state index is 6.11. The van der Waals surface area contributed by atoms with Crippen LogP contribution in [0.3, 0.4) is 0 Å². The molecule has 2 aliphatic rings. The molecule has 2 aliphatic heterocycles. The fourth-order valence-corrected chi connectivity index (χ4v) is 3.25. The second kappa shape index (κ2) is 5.79. The number of hydrogen-bond acceptors (Lipinski definition) is 2. The number of hydrogen-bond donors (Lipinski definition) is 1. The van der Waals surface area contributed by atoms with Crippen LogP contribution in [0.2, 0.25) is 5.02 Å². The van der Waals surface area contributed by atoms with E-state index in [2.05, 4.69) is 17.4 Å². The van der Waals surface area contributed by atoms with Gasteiger partial charge in [0.05, 0.1) is 12.2 Å². The first-order valence-corrected chi connectivity index (χ1v) is 6.75. The molecule has 2 heterocycles. The van der Waals surface area contributed by atoms with Gasteiger partial charge in [-0.2, -0.15) is 0 Å². The van der Waals surface area contributed by atoms with Gasteiger partial charge in [0.2, 0.25) is 0 Å². The molecular formula is C14H19Cl2NO. The molecule has 2 saturated heterocycles. The highest BCUT2D eigenvalue weighted by Crippen LogP contribution is 2.41. The Bertz CT molecular complexity index is 405. The Morgan fingerprint density at radius 1 is 1.28 bits per heavy atom. The third-order valence-corrected chi connectivity index (χ3v) is 4.28. The molecular weight excluding hydrogens is 269 g/mol. The van der Waals surface area contributed by atoms with E-state index in [0.717, 1.165) is 44.0 Å². The lowest BCUT2D eigenvalue weighted by Gasteiger charge is -2.33. The summed E-state index contributed by atoms with van der Waals surface area (Å²) >= 11 is 6.05. The molecule has 0 saturated carbocycles. The molecule has 1 aromatic carbocycles. The molecule has 1 unspecified atom stereocenters. The summed E-state index contributed by atoms with van der Waals surface area (Å²) in [5, 5.41) is 4.23. The summed E-state index contributed by atoms with van der Waals surface area (Å²) in [6, 6.07) is 8.21. The normalized spacial score (nSPS) is 25.9. The van der Waals surface area contributed by atoms with Crippen molar-refractivity contribution >= 4 is 24.0 Å². The number of benzene rings is 1. The fraction of sp³-hybridized carbons (Fsp3) is 0.571. The lowest BCUT2D eigenvalue weighted by atomic mass is 9.84. The van der Waals surface area contributed by atoms with Crippen LogP contribution in [0.1, 0.15) is 30.7 Å². The van der Waals surface area contributed by atoms with E-state index in [1.807, 2.05) is 12.1 Å². The minimum absolute atomic E-state index is 0. The first-order chi connectivity index (χ1) is 8.27. The first-order valence-electron chi connectivity index (χ1n) is 6.38. The SMILES string of the molecule is Cl.Clc1cccc(C2COC3(CCNCC3)C2)c1. The molecule has 0 aromatic heterocycles. The molecule has 1 atom stereocenters. The largest absolute Gasteiger partial charge is 0.374 e. The van der Waals surface area contributed by atoms with E-state index in [1.165, 1.54) is 5.56 Å². The lowest BCUT2D eigenvalue weighted by Crippen LogP contribution is -2.41. The number of halogens is 2. The average molecular weight is 288 g/mol. The summed E-state index contributed by atoms with van der Waals surface area (Å²) in [4.78, 5) is 0. The highest BCUT2D eigenvalue weighted by atomic mass is 35.5. The molecule has 1 spiro atoms. The van der Waals surface area contributed by atoms with Crippen molar-refractivity contribution in [3.05, 3.63) is 34.9 Å². The van der Waals surface area contributed by atoms with E-state index in [-0.39, 0.29) is 18.0 Å². The molecule has 0 bridgehead atoms. The summed E-state index contributed by atoms with van der Waals surface area (Å²) in [5.74, 6) is 0.520. The Balaban J connectivity index is 0.00000120. The minimum Gasteiger partial charge on any atom is -0.374 e. The highest BCUT2D eigenvalue weighted by Gasteiger charge is 2.41. The molecule has 0 amide bonds. The topological polar surface area (TPSA) is 21.3 Å². The molecule has 1 N–H and O–H groups in total. The van der Waals surface area contributed by atoms with Crippen molar-refractivity contribution in [3.63, 3.8) is 0 Å². The molecule has 3 rings (SSSR count). The van der Waals surface area contributed by atoms with Crippen molar-refractivity contribution in [1.29, 1.82) is 0 Å². The van der Waals surface area contributed by atoms with Gasteiger partial charge in [0.15, 0.2) is 0 Å². The summed E-state index contributed by atoms with van der Waals surface area (Å²) in [6.07, 6.45) is 3.43. The number of piperidine rings is 1. The Hall–Kier alpha value is -0.280. The molecule has 2 nitrogen and oxygen atoms in total. The molecule has 0 aliphatic carbocycles. The maximum atomic E-state index is 6.11. The molecule has 4 heteroatoms. The first kappa shape index (κ1) is 14.1. The monoisotopic (exact) mass is 287 g/mol. The minimum atomic E-state index is 0. The Kier molecular flexibility index (Phi) is 4.54. The van der Waals surface area contributed by atoms with Gasteiger partial charge < -0.3 is 10.1 Å². The smallest absolute Gasteiger partial charge is 0.0713 e. The van der Waals surface area contributed by atoms with Crippen molar-refractivity contribution in [2.45, 2.75) is 30.8 Å². The average Bonchev–Trinajstić information content (AvgIpc) is 2.74. The van der Waals surface area contributed by atoms with Gasteiger partial charge in [-0.3, -0.25) is 0 Å². The molecule has 1 aromatic rings. The van der Waals surface area contributed by atoms with E-state index in [9.17, 15) is 0 Å². The second-order valence-electron chi connectivity index (χ2n) is 5.20. The van der Waals surface area contributed by atoms with Crippen LogP contribution in [0.4, 0.5) is 0 Å². The third kappa shape index (κ3) is 2.83. The van der Waals surface area contributed by atoms with Crippen molar-refractivity contribution in [3.8, 4) is 0 Å². The van der Waals surface area contributed by atoms with Crippen LogP contribution in [0.25, 0.3) is 0 Å². The number of rotatable bonds is 1. The molecule has 18 heavy (non-hydrogen) atoms. The standard InChI is InChI=1S/C14H18ClNO.ClH/c15-13-3-1-2-11(8-13)12-9-14(17-10-12)4-6-16-7-5-14;/h1-3,8,12,16H,4-7,9-10H2;1H. The van der Waals surface area contributed by atoms with E-state index in [0.29, 0.717) is 5.92 Å². The van der Waals surface area contributed by atoms with E-state index >= 15 is 0 Å². The van der Waals surface area contributed by atoms with Gasteiger partial charge in [0.1, 0.15) is 0 Å². The Labute approximate surface area is 119 Å². The molecule has 100 valence electrons. The van der Waals surface area contributed by atoms with Gasteiger partial charge in [-0.1, -0.05) is 23.7 Å².